The van der Waals surface area contributed by atoms with E-state index in [0.717, 1.165) is 23.4 Å². The third-order valence-corrected chi connectivity index (χ3v) is 11.5. The second kappa shape index (κ2) is 19.0. The summed E-state index contributed by atoms with van der Waals surface area (Å²) in [6.45, 7) is 5.47. The minimum absolute atomic E-state index is 0.0183. The molecule has 4 N–H and O–H groups in total. The number of pyridine rings is 1. The van der Waals surface area contributed by atoms with Crippen LogP contribution in [0.25, 0.3) is 11.1 Å². The van der Waals surface area contributed by atoms with Crippen molar-refractivity contribution in [3.63, 3.8) is 0 Å². The van der Waals surface area contributed by atoms with Gasteiger partial charge in [-0.2, -0.15) is 0 Å². The van der Waals surface area contributed by atoms with Gasteiger partial charge >= 0.3 is 0 Å². The molecule has 0 saturated carbocycles. The topological polar surface area (TPSA) is 177 Å². The molecule has 14 nitrogen and oxygen atoms in total. The molecule has 0 unspecified atom stereocenters. The van der Waals surface area contributed by atoms with Crippen molar-refractivity contribution >= 4 is 56.2 Å². The molecule has 6 rings (SSSR count). The van der Waals surface area contributed by atoms with E-state index < -0.39 is 10.0 Å². The zero-order valence-electron chi connectivity index (χ0n) is 34.3. The molecule has 1 aromatic heterocycles. The van der Waals surface area contributed by atoms with Crippen LogP contribution in [0.1, 0.15) is 64.5 Å². The summed E-state index contributed by atoms with van der Waals surface area (Å²) in [6.07, 6.45) is 3.35. The van der Waals surface area contributed by atoms with Crippen molar-refractivity contribution in [3.05, 3.63) is 119 Å². The van der Waals surface area contributed by atoms with Crippen LogP contribution in [0.5, 0.6) is 17.2 Å². The molecule has 2 atom stereocenters. The van der Waals surface area contributed by atoms with Gasteiger partial charge in [-0.1, -0.05) is 31.2 Å². The van der Waals surface area contributed by atoms with Gasteiger partial charge in [0.2, 0.25) is 27.7 Å². The van der Waals surface area contributed by atoms with E-state index in [1.165, 1.54) is 24.7 Å². The third kappa shape index (κ3) is 10.5. The molecule has 1 aliphatic rings. The van der Waals surface area contributed by atoms with Crippen molar-refractivity contribution < 1.29 is 32.3 Å². The number of hydrogen-bond donors (Lipinski definition) is 4. The van der Waals surface area contributed by atoms with E-state index in [-0.39, 0.29) is 59.7 Å². The van der Waals surface area contributed by atoms with E-state index in [9.17, 15) is 27.6 Å². The van der Waals surface area contributed by atoms with E-state index >= 15 is 0 Å². The van der Waals surface area contributed by atoms with Crippen molar-refractivity contribution in [2.24, 2.45) is 7.05 Å². The normalized spacial score (nSPS) is 14.7. The van der Waals surface area contributed by atoms with Gasteiger partial charge in [-0.05, 0) is 92.9 Å². The van der Waals surface area contributed by atoms with Gasteiger partial charge in [0.05, 0.1) is 18.9 Å². The Kier molecular flexibility index (Phi) is 13.6. The Morgan fingerprint density at radius 2 is 1.47 bits per heavy atom. The number of sulfonamides is 1. The molecule has 4 aromatic carbocycles. The van der Waals surface area contributed by atoms with Gasteiger partial charge in [-0.3, -0.25) is 23.9 Å². The first-order valence-electron chi connectivity index (χ1n) is 19.8. The zero-order valence-corrected chi connectivity index (χ0v) is 35.1. The number of nitrogens with zero attached hydrogens (tertiary/aromatic N) is 2. The molecule has 5 aromatic rings. The summed E-state index contributed by atoms with van der Waals surface area (Å²) in [4.78, 5) is 52.7. The number of aryl methyl sites for hydroxylation is 1. The van der Waals surface area contributed by atoms with Crippen molar-refractivity contribution in [1.29, 1.82) is 0 Å². The summed E-state index contributed by atoms with van der Waals surface area (Å²) in [5, 5.41) is 9.36. The van der Waals surface area contributed by atoms with Crippen LogP contribution in [-0.2, 0) is 31.5 Å². The SMILES string of the molecule is CCC(=O)N1c2ccccc2[C@H](Nc2ccc(NC(=O)CCCC(=O)Nc3cccc(Oc4ccc(NS(=O)(=O)CC)cc4-c4cn(C)c(=O)cc4OC)c3)cc2)C[C@@H]1C. The van der Waals surface area contributed by atoms with E-state index in [2.05, 4.69) is 33.7 Å². The molecular weight excluding hydrogens is 785 g/mol. The lowest BCUT2D eigenvalue weighted by atomic mass is 9.91. The first kappa shape index (κ1) is 43.0. The summed E-state index contributed by atoms with van der Waals surface area (Å²) >= 11 is 0. The maximum absolute atomic E-state index is 12.9. The van der Waals surface area contributed by atoms with Crippen LogP contribution in [-0.4, -0.2) is 49.6 Å². The molecule has 0 saturated heterocycles. The summed E-state index contributed by atoms with van der Waals surface area (Å²) in [7, 11) is -0.558. The lowest BCUT2D eigenvalue weighted by Crippen LogP contribution is -2.44. The lowest BCUT2D eigenvalue weighted by molar-refractivity contribution is -0.119. The molecule has 0 spiro atoms. The fourth-order valence-electron chi connectivity index (χ4n) is 7.10. The van der Waals surface area contributed by atoms with Gasteiger partial charge in [0.15, 0.2) is 0 Å². The Bertz CT molecular complexity index is 2540. The Morgan fingerprint density at radius 3 is 2.17 bits per heavy atom. The fourth-order valence-corrected chi connectivity index (χ4v) is 7.73. The lowest BCUT2D eigenvalue weighted by Gasteiger charge is -2.40. The van der Waals surface area contributed by atoms with Gasteiger partial charge in [0.1, 0.15) is 17.2 Å². The predicted molar refractivity (Wildman–Crippen MR) is 235 cm³/mol. The van der Waals surface area contributed by atoms with E-state index in [4.69, 9.17) is 9.47 Å². The number of methoxy groups -OCH3 is 1. The quantitative estimate of drug-likeness (QED) is 0.0766. The van der Waals surface area contributed by atoms with Crippen LogP contribution in [0.4, 0.5) is 28.4 Å². The number of hydrogen-bond acceptors (Lipinski definition) is 9. The van der Waals surface area contributed by atoms with Crippen LogP contribution >= 0.6 is 0 Å². The number of rotatable bonds is 16. The smallest absolute Gasteiger partial charge is 0.254 e. The number of carbonyl (C=O) groups excluding carboxylic acids is 3. The maximum atomic E-state index is 12.9. The molecular formula is C45H50N6O8S. The molecule has 15 heteroatoms. The number of para-hydroxylation sites is 1. The first-order valence-corrected chi connectivity index (χ1v) is 21.5. The standard InChI is InChI=1S/C45H50N6O8S/c1-6-44(54)51-29(3)24-38(35-14-8-9-15-39(35)51)46-30-18-20-31(21-19-30)47-42(52)16-11-17-43(53)48-32-12-10-13-34(25-32)59-40-23-22-33(49-60(56,57)7-2)26-36(40)37-28-50(4)45(55)27-41(37)58-5/h8-10,12-15,18-23,25-29,38,46,49H,6-7,11,16-17,24H2,1-5H3,(H,47,52)(H,48,53)/t29-,38+/m0/s1. The van der Waals surface area contributed by atoms with Crippen molar-refractivity contribution in [1.82, 2.24) is 4.57 Å². The minimum Gasteiger partial charge on any atom is -0.496 e. The van der Waals surface area contributed by atoms with E-state index in [1.807, 2.05) is 54.3 Å². The number of ether oxygens (including phenoxy) is 2. The highest BCUT2D eigenvalue weighted by molar-refractivity contribution is 7.92. The Morgan fingerprint density at radius 1 is 0.783 bits per heavy atom. The largest absolute Gasteiger partial charge is 0.496 e. The van der Waals surface area contributed by atoms with Crippen LogP contribution in [0.3, 0.4) is 0 Å². The number of aromatic nitrogens is 1. The molecule has 0 bridgehead atoms. The highest BCUT2D eigenvalue weighted by Gasteiger charge is 2.33. The molecule has 2 heterocycles. The maximum Gasteiger partial charge on any atom is 0.254 e. The van der Waals surface area contributed by atoms with Gasteiger partial charge < -0.3 is 34.9 Å². The highest BCUT2D eigenvalue weighted by Crippen LogP contribution is 2.41. The molecule has 3 amide bonds. The van der Waals surface area contributed by atoms with Crippen molar-refractivity contribution in [2.75, 3.05) is 38.4 Å². The number of benzene rings is 4. The number of fused-ring (bicyclic) bond motifs is 1. The van der Waals surface area contributed by atoms with Gasteiger partial charge in [0.25, 0.3) is 5.56 Å². The van der Waals surface area contributed by atoms with Gasteiger partial charge in [-0.25, -0.2) is 8.42 Å². The molecule has 60 heavy (non-hydrogen) atoms. The van der Waals surface area contributed by atoms with Gasteiger partial charge in [0, 0.05) is 90.2 Å². The Labute approximate surface area is 350 Å². The summed E-state index contributed by atoms with van der Waals surface area (Å²) in [5.41, 5.74) is 4.95. The average molecular weight is 835 g/mol. The van der Waals surface area contributed by atoms with Crippen molar-refractivity contribution in [2.45, 2.75) is 65.0 Å². The van der Waals surface area contributed by atoms with Crippen LogP contribution < -0.4 is 40.6 Å². The minimum atomic E-state index is -3.58. The average Bonchev–Trinajstić information content (AvgIpc) is 3.22. The monoisotopic (exact) mass is 834 g/mol. The second-order valence-electron chi connectivity index (χ2n) is 14.5. The Balaban J connectivity index is 1.03. The molecule has 0 aliphatic carbocycles. The second-order valence-corrected chi connectivity index (χ2v) is 16.5. The third-order valence-electron chi connectivity index (χ3n) is 10.2. The highest BCUT2D eigenvalue weighted by atomic mass is 32.2. The van der Waals surface area contributed by atoms with E-state index in [0.29, 0.717) is 52.5 Å². The van der Waals surface area contributed by atoms with Crippen molar-refractivity contribution in [3.8, 4) is 28.4 Å². The van der Waals surface area contributed by atoms with Crippen LogP contribution in [0, 0.1) is 0 Å². The number of anilines is 5. The number of nitrogens with one attached hydrogen (secondary N) is 4. The summed E-state index contributed by atoms with van der Waals surface area (Å²) in [6, 6.07) is 28.4. The van der Waals surface area contributed by atoms with Gasteiger partial charge in [-0.15, -0.1) is 0 Å². The summed E-state index contributed by atoms with van der Waals surface area (Å²) in [5.74, 6) is 0.488. The Hall–Kier alpha value is -6.61. The number of carbonyl (C=O) groups is 3. The number of amides is 3. The summed E-state index contributed by atoms with van der Waals surface area (Å²) < 4.78 is 40.4. The van der Waals surface area contributed by atoms with Crippen LogP contribution in [0.15, 0.2) is 108 Å². The van der Waals surface area contributed by atoms with Crippen LogP contribution in [0.2, 0.25) is 0 Å². The fraction of sp³-hybridized carbons (Fsp3) is 0.289. The molecule has 1 aliphatic heterocycles. The predicted octanol–water partition coefficient (Wildman–Crippen LogP) is 8.05. The zero-order chi connectivity index (χ0) is 43.0. The molecule has 0 fully saturated rings. The first-order chi connectivity index (χ1) is 28.8. The molecule has 0 radical (unpaired) electrons. The van der Waals surface area contributed by atoms with E-state index in [1.54, 1.807) is 55.7 Å². The molecule has 314 valence electrons.